The molecule has 0 aliphatic heterocycles. The van der Waals surface area contributed by atoms with Gasteiger partial charge in [-0.15, -0.1) is 0 Å². The fourth-order valence-corrected chi connectivity index (χ4v) is 2.47. The van der Waals surface area contributed by atoms with Gasteiger partial charge >= 0.3 is 0 Å². The topological polar surface area (TPSA) is 42.0 Å². The van der Waals surface area contributed by atoms with E-state index in [0.717, 1.165) is 26.0 Å². The lowest BCUT2D eigenvalue weighted by molar-refractivity contribution is 0.102. The van der Waals surface area contributed by atoms with Crippen LogP contribution in [-0.2, 0) is 0 Å². The highest BCUT2D eigenvalue weighted by Crippen LogP contribution is 2.23. The Morgan fingerprint density at radius 1 is 1.16 bits per heavy atom. The predicted molar refractivity (Wildman–Crippen MR) is 83.5 cm³/mol. The molecule has 1 amide bonds. The summed E-state index contributed by atoms with van der Waals surface area (Å²) in [4.78, 5) is 16.6. The first-order valence-corrected chi connectivity index (χ1v) is 7.26. The Kier molecular flexibility index (Phi) is 4.37. The molecule has 1 N–H and O–H groups in total. The molecule has 0 aliphatic rings. The molecule has 1 heterocycles. The Balaban J connectivity index is 2.28. The smallest absolute Gasteiger partial charge is 0.256 e. The first-order chi connectivity index (χ1) is 8.97. The minimum Gasteiger partial charge on any atom is -0.320 e. The molecule has 0 radical (unpaired) electrons. The minimum absolute atomic E-state index is 0.165. The summed E-state index contributed by atoms with van der Waals surface area (Å²) >= 11 is 6.74. The Labute approximate surface area is 128 Å². The number of nitrogens with zero attached hydrogens (tertiary/aromatic N) is 1. The van der Waals surface area contributed by atoms with Crippen molar-refractivity contribution in [3.05, 3.63) is 56.2 Å². The van der Waals surface area contributed by atoms with Crippen molar-refractivity contribution in [1.82, 2.24) is 4.98 Å². The third kappa shape index (κ3) is 3.42. The van der Waals surface area contributed by atoms with Crippen LogP contribution < -0.4 is 5.32 Å². The normalized spacial score (nSPS) is 10.3. The van der Waals surface area contributed by atoms with Gasteiger partial charge in [-0.25, -0.2) is 0 Å². The van der Waals surface area contributed by atoms with Gasteiger partial charge < -0.3 is 5.32 Å². The predicted octanol–water partition coefficient (Wildman–Crippen LogP) is 4.48. The number of hydrogen-bond acceptors (Lipinski definition) is 2. The van der Waals surface area contributed by atoms with Crippen LogP contribution in [0.5, 0.6) is 0 Å². The SMILES string of the molecule is Cc1ccc(NC(=O)c2cc(Br)ccc2Br)c(C)n1. The summed E-state index contributed by atoms with van der Waals surface area (Å²) < 4.78 is 1.62. The molecule has 98 valence electrons. The van der Waals surface area contributed by atoms with E-state index in [1.807, 2.05) is 38.1 Å². The van der Waals surface area contributed by atoms with Gasteiger partial charge in [0.25, 0.3) is 5.91 Å². The highest BCUT2D eigenvalue weighted by atomic mass is 79.9. The van der Waals surface area contributed by atoms with Crippen LogP contribution in [0.2, 0.25) is 0 Å². The molecule has 0 saturated carbocycles. The van der Waals surface area contributed by atoms with Crippen LogP contribution in [0.25, 0.3) is 0 Å². The number of aryl methyl sites for hydroxylation is 2. The van der Waals surface area contributed by atoms with Gasteiger partial charge in [0, 0.05) is 14.6 Å². The monoisotopic (exact) mass is 382 g/mol. The number of benzene rings is 1. The van der Waals surface area contributed by atoms with Gasteiger partial charge in [0.05, 0.1) is 16.9 Å². The molecule has 0 saturated heterocycles. The van der Waals surface area contributed by atoms with Gasteiger partial charge in [-0.2, -0.15) is 0 Å². The summed E-state index contributed by atoms with van der Waals surface area (Å²) in [6, 6.07) is 9.22. The van der Waals surface area contributed by atoms with Crippen molar-refractivity contribution in [2.24, 2.45) is 0 Å². The van der Waals surface area contributed by atoms with Gasteiger partial charge in [-0.1, -0.05) is 15.9 Å². The molecule has 0 bridgehead atoms. The average molecular weight is 384 g/mol. The maximum atomic E-state index is 12.2. The second-order valence-corrected chi connectivity index (χ2v) is 5.93. The summed E-state index contributed by atoms with van der Waals surface area (Å²) in [5.74, 6) is -0.165. The van der Waals surface area contributed by atoms with E-state index in [1.54, 1.807) is 6.07 Å². The second-order valence-electron chi connectivity index (χ2n) is 4.16. The number of carbonyl (C=O) groups excluding carboxylic acids is 1. The van der Waals surface area contributed by atoms with Crippen molar-refractivity contribution in [2.45, 2.75) is 13.8 Å². The molecular formula is C14H12Br2N2O. The molecule has 0 fully saturated rings. The van der Waals surface area contributed by atoms with Gasteiger partial charge in [-0.3, -0.25) is 9.78 Å². The number of amides is 1. The zero-order valence-corrected chi connectivity index (χ0v) is 13.7. The third-order valence-corrected chi connectivity index (χ3v) is 3.83. The van der Waals surface area contributed by atoms with Crippen molar-refractivity contribution >= 4 is 43.5 Å². The molecule has 1 aromatic carbocycles. The van der Waals surface area contributed by atoms with Crippen LogP contribution in [0, 0.1) is 13.8 Å². The van der Waals surface area contributed by atoms with E-state index < -0.39 is 0 Å². The van der Waals surface area contributed by atoms with E-state index in [-0.39, 0.29) is 5.91 Å². The number of anilines is 1. The van der Waals surface area contributed by atoms with Crippen molar-refractivity contribution < 1.29 is 4.79 Å². The lowest BCUT2D eigenvalue weighted by atomic mass is 10.2. The summed E-state index contributed by atoms with van der Waals surface area (Å²) in [5.41, 5.74) is 3.04. The number of pyridine rings is 1. The number of rotatable bonds is 2. The molecule has 5 heteroatoms. The number of carbonyl (C=O) groups is 1. The highest BCUT2D eigenvalue weighted by molar-refractivity contribution is 9.11. The Morgan fingerprint density at radius 2 is 1.89 bits per heavy atom. The van der Waals surface area contributed by atoms with Gasteiger partial charge in [0.2, 0.25) is 0 Å². The molecule has 0 unspecified atom stereocenters. The zero-order chi connectivity index (χ0) is 14.0. The van der Waals surface area contributed by atoms with Crippen LogP contribution in [0.3, 0.4) is 0 Å². The van der Waals surface area contributed by atoms with Gasteiger partial charge in [-0.05, 0) is 60.1 Å². The van der Waals surface area contributed by atoms with Crippen LogP contribution in [0.1, 0.15) is 21.7 Å². The molecule has 2 aromatic rings. The standard InChI is InChI=1S/C14H12Br2N2O/c1-8-3-6-13(9(2)17-8)18-14(19)11-7-10(15)4-5-12(11)16/h3-7H,1-2H3,(H,18,19). The van der Waals surface area contributed by atoms with Crippen molar-refractivity contribution in [3.8, 4) is 0 Å². The lowest BCUT2D eigenvalue weighted by Gasteiger charge is -2.09. The molecule has 0 atom stereocenters. The summed E-state index contributed by atoms with van der Waals surface area (Å²) in [6.45, 7) is 3.79. The Morgan fingerprint density at radius 3 is 2.58 bits per heavy atom. The average Bonchev–Trinajstić information content (AvgIpc) is 2.35. The highest BCUT2D eigenvalue weighted by Gasteiger charge is 2.12. The minimum atomic E-state index is -0.165. The van der Waals surface area contributed by atoms with Crippen LogP contribution in [0.4, 0.5) is 5.69 Å². The fourth-order valence-electron chi connectivity index (χ4n) is 1.68. The van der Waals surface area contributed by atoms with E-state index in [9.17, 15) is 4.79 Å². The summed E-state index contributed by atoms with van der Waals surface area (Å²) in [5, 5.41) is 2.87. The number of aromatic nitrogens is 1. The fraction of sp³-hybridized carbons (Fsp3) is 0.143. The van der Waals surface area contributed by atoms with Crippen LogP contribution >= 0.6 is 31.9 Å². The van der Waals surface area contributed by atoms with Gasteiger partial charge in [0.1, 0.15) is 0 Å². The first-order valence-electron chi connectivity index (χ1n) is 5.68. The zero-order valence-electron chi connectivity index (χ0n) is 10.5. The van der Waals surface area contributed by atoms with Crippen molar-refractivity contribution in [3.63, 3.8) is 0 Å². The maximum Gasteiger partial charge on any atom is 0.256 e. The number of halogens is 2. The Bertz CT molecular complexity index is 641. The summed E-state index contributed by atoms with van der Waals surface area (Å²) in [6.07, 6.45) is 0. The molecule has 3 nitrogen and oxygen atoms in total. The number of nitrogens with one attached hydrogen (secondary N) is 1. The van der Waals surface area contributed by atoms with Crippen molar-refractivity contribution in [1.29, 1.82) is 0 Å². The third-order valence-electron chi connectivity index (χ3n) is 2.65. The van der Waals surface area contributed by atoms with E-state index >= 15 is 0 Å². The lowest BCUT2D eigenvalue weighted by Crippen LogP contribution is -2.14. The van der Waals surface area contributed by atoms with E-state index in [4.69, 9.17) is 0 Å². The van der Waals surface area contributed by atoms with Crippen LogP contribution in [0.15, 0.2) is 39.3 Å². The maximum absolute atomic E-state index is 12.2. The second kappa shape index (κ2) is 5.84. The Hall–Kier alpha value is -1.20. The number of hydrogen-bond donors (Lipinski definition) is 1. The summed E-state index contributed by atoms with van der Waals surface area (Å²) in [7, 11) is 0. The molecule has 2 rings (SSSR count). The van der Waals surface area contributed by atoms with Crippen LogP contribution in [-0.4, -0.2) is 10.9 Å². The van der Waals surface area contributed by atoms with E-state index in [2.05, 4.69) is 42.2 Å². The van der Waals surface area contributed by atoms with Crippen molar-refractivity contribution in [2.75, 3.05) is 5.32 Å². The quantitative estimate of drug-likeness (QED) is 0.830. The van der Waals surface area contributed by atoms with E-state index in [0.29, 0.717) is 5.56 Å². The molecular weight excluding hydrogens is 372 g/mol. The largest absolute Gasteiger partial charge is 0.320 e. The van der Waals surface area contributed by atoms with E-state index in [1.165, 1.54) is 0 Å². The van der Waals surface area contributed by atoms with Gasteiger partial charge in [0.15, 0.2) is 0 Å². The molecule has 0 aliphatic carbocycles. The molecule has 0 spiro atoms. The molecule has 1 aromatic heterocycles. The molecule has 19 heavy (non-hydrogen) atoms. The first kappa shape index (κ1) is 14.2.